The number of nitrogens with zero attached hydrogens (tertiary/aromatic N) is 1. The Labute approximate surface area is 150 Å². The summed E-state index contributed by atoms with van der Waals surface area (Å²) in [4.78, 5) is 34.7. The Morgan fingerprint density at radius 2 is 1.85 bits per heavy atom. The lowest BCUT2D eigenvalue weighted by atomic mass is 10.2. The molecule has 0 bridgehead atoms. The number of hydrogen-bond acceptors (Lipinski definition) is 4. The van der Waals surface area contributed by atoms with Gasteiger partial charge in [-0.25, -0.2) is 9.59 Å². The molecule has 0 unspecified atom stereocenters. The third kappa shape index (κ3) is 3.23. The number of aryl methyl sites for hydroxylation is 1. The zero-order chi connectivity index (χ0) is 18.8. The van der Waals surface area contributed by atoms with Gasteiger partial charge in [0.05, 0.1) is 12.2 Å². The Morgan fingerprint density at radius 3 is 2.42 bits per heavy atom. The third-order valence-corrected chi connectivity index (χ3v) is 4.13. The Bertz CT molecular complexity index is 923. The zero-order valence-corrected chi connectivity index (χ0v) is 14.8. The van der Waals surface area contributed by atoms with Gasteiger partial charge < -0.3 is 14.6 Å². The minimum atomic E-state index is -0.524. The lowest BCUT2D eigenvalue weighted by molar-refractivity contribution is -0.115. The highest BCUT2D eigenvalue weighted by Crippen LogP contribution is 2.23. The predicted octanol–water partition coefficient (Wildman–Crippen LogP) is 2.45. The number of aromatic nitrogens is 1. The number of benzene rings is 1. The molecule has 1 fully saturated rings. The average Bonchev–Trinajstić information content (AvgIpc) is 3.06. The first-order valence-electron chi connectivity index (χ1n) is 8.21. The van der Waals surface area contributed by atoms with E-state index in [9.17, 15) is 14.4 Å². The van der Waals surface area contributed by atoms with Crippen LogP contribution in [0.15, 0.2) is 36.0 Å². The van der Waals surface area contributed by atoms with Crippen molar-refractivity contribution in [3.8, 4) is 5.69 Å². The SMILES string of the molecule is CCOC(=O)c1ccc(-n2c(C)cc(/C=C3\NC(=O)NC3=O)c2C)cc1. The summed E-state index contributed by atoms with van der Waals surface area (Å²) in [6.07, 6.45) is 1.64. The van der Waals surface area contributed by atoms with E-state index in [2.05, 4.69) is 10.6 Å². The number of imide groups is 1. The summed E-state index contributed by atoms with van der Waals surface area (Å²) in [5, 5.41) is 4.66. The highest BCUT2D eigenvalue weighted by molar-refractivity contribution is 6.14. The maximum Gasteiger partial charge on any atom is 0.338 e. The Kier molecular flexibility index (Phi) is 4.62. The number of amides is 3. The number of rotatable bonds is 4. The minimum absolute atomic E-state index is 0.216. The standard InChI is InChI=1S/C19H19N3O4/c1-4-26-18(24)13-5-7-15(8-6-13)22-11(2)9-14(12(22)3)10-16-17(23)21-19(25)20-16/h5-10H,4H2,1-3H3,(H2,20,21,23,25)/b16-10-. The maximum atomic E-state index is 11.8. The van der Waals surface area contributed by atoms with Crippen LogP contribution < -0.4 is 10.6 Å². The molecule has 0 atom stereocenters. The molecule has 1 aromatic heterocycles. The summed E-state index contributed by atoms with van der Waals surface area (Å²) in [7, 11) is 0. The second-order valence-electron chi connectivity index (χ2n) is 5.90. The fraction of sp³-hybridized carbons (Fsp3) is 0.211. The average molecular weight is 353 g/mol. The van der Waals surface area contributed by atoms with E-state index in [0.717, 1.165) is 22.6 Å². The Balaban J connectivity index is 1.93. The second-order valence-corrected chi connectivity index (χ2v) is 5.90. The number of esters is 1. The van der Waals surface area contributed by atoms with Gasteiger partial charge in [0.15, 0.2) is 0 Å². The molecule has 3 rings (SSSR count). The molecule has 2 N–H and O–H groups in total. The summed E-state index contributed by atoms with van der Waals surface area (Å²) in [5.74, 6) is -0.799. The van der Waals surface area contributed by atoms with E-state index in [1.807, 2.05) is 36.6 Å². The van der Waals surface area contributed by atoms with Gasteiger partial charge in [-0.05, 0) is 62.7 Å². The minimum Gasteiger partial charge on any atom is -0.462 e. The quantitative estimate of drug-likeness (QED) is 0.502. The van der Waals surface area contributed by atoms with Crippen molar-refractivity contribution in [2.45, 2.75) is 20.8 Å². The van der Waals surface area contributed by atoms with E-state index in [4.69, 9.17) is 4.74 Å². The van der Waals surface area contributed by atoms with Gasteiger partial charge in [0, 0.05) is 17.1 Å². The van der Waals surface area contributed by atoms with Gasteiger partial charge in [-0.3, -0.25) is 10.1 Å². The summed E-state index contributed by atoms with van der Waals surface area (Å²) in [6, 6.07) is 8.52. The molecule has 1 aromatic carbocycles. The van der Waals surface area contributed by atoms with Crippen LogP contribution in [0.3, 0.4) is 0 Å². The molecule has 0 radical (unpaired) electrons. The summed E-state index contributed by atoms with van der Waals surface area (Å²) in [6.45, 7) is 5.97. The Hall–Kier alpha value is -3.35. The molecule has 7 nitrogen and oxygen atoms in total. The zero-order valence-electron chi connectivity index (χ0n) is 14.8. The van der Waals surface area contributed by atoms with Gasteiger partial charge in [-0.1, -0.05) is 0 Å². The van der Waals surface area contributed by atoms with Gasteiger partial charge in [0.1, 0.15) is 5.70 Å². The lowest BCUT2D eigenvalue weighted by Crippen LogP contribution is -2.22. The van der Waals surface area contributed by atoms with Crippen molar-refractivity contribution in [1.29, 1.82) is 0 Å². The highest BCUT2D eigenvalue weighted by atomic mass is 16.5. The topological polar surface area (TPSA) is 89.4 Å². The molecular weight excluding hydrogens is 334 g/mol. The van der Waals surface area contributed by atoms with Crippen molar-refractivity contribution < 1.29 is 19.1 Å². The number of ether oxygens (including phenoxy) is 1. The number of nitrogens with one attached hydrogen (secondary N) is 2. The van der Waals surface area contributed by atoms with Gasteiger partial charge in [0.2, 0.25) is 0 Å². The molecule has 0 saturated carbocycles. The molecule has 0 spiro atoms. The first kappa shape index (κ1) is 17.5. The van der Waals surface area contributed by atoms with Gasteiger partial charge >= 0.3 is 12.0 Å². The largest absolute Gasteiger partial charge is 0.462 e. The molecular formula is C19H19N3O4. The van der Waals surface area contributed by atoms with Crippen LogP contribution in [0.4, 0.5) is 4.79 Å². The summed E-state index contributed by atoms with van der Waals surface area (Å²) < 4.78 is 7.00. The van der Waals surface area contributed by atoms with E-state index >= 15 is 0 Å². The van der Waals surface area contributed by atoms with Gasteiger partial charge in [-0.15, -0.1) is 0 Å². The van der Waals surface area contributed by atoms with Crippen LogP contribution in [0.5, 0.6) is 0 Å². The fourth-order valence-corrected chi connectivity index (χ4v) is 2.93. The van der Waals surface area contributed by atoms with E-state index < -0.39 is 11.9 Å². The molecule has 1 aliphatic heterocycles. The van der Waals surface area contributed by atoms with E-state index in [0.29, 0.717) is 12.2 Å². The van der Waals surface area contributed by atoms with Crippen LogP contribution in [0.2, 0.25) is 0 Å². The van der Waals surface area contributed by atoms with Crippen molar-refractivity contribution in [3.63, 3.8) is 0 Å². The molecule has 1 saturated heterocycles. The summed E-state index contributed by atoms with van der Waals surface area (Å²) in [5.41, 5.74) is 4.29. The Morgan fingerprint density at radius 1 is 1.15 bits per heavy atom. The smallest absolute Gasteiger partial charge is 0.338 e. The number of hydrogen-bond donors (Lipinski definition) is 2. The molecule has 134 valence electrons. The van der Waals surface area contributed by atoms with Crippen LogP contribution >= 0.6 is 0 Å². The van der Waals surface area contributed by atoms with E-state index in [1.54, 1.807) is 25.1 Å². The van der Waals surface area contributed by atoms with E-state index in [1.165, 1.54) is 0 Å². The van der Waals surface area contributed by atoms with Crippen molar-refractivity contribution in [1.82, 2.24) is 15.2 Å². The van der Waals surface area contributed by atoms with Crippen molar-refractivity contribution in [2.75, 3.05) is 6.61 Å². The normalized spacial score (nSPS) is 15.1. The molecule has 3 amide bonds. The number of urea groups is 1. The molecule has 2 aromatic rings. The highest BCUT2D eigenvalue weighted by Gasteiger charge is 2.23. The summed E-state index contributed by atoms with van der Waals surface area (Å²) >= 11 is 0. The molecule has 1 aliphatic rings. The van der Waals surface area contributed by atoms with Crippen LogP contribution in [-0.4, -0.2) is 29.1 Å². The van der Waals surface area contributed by atoms with E-state index in [-0.39, 0.29) is 11.7 Å². The second kappa shape index (κ2) is 6.87. The molecule has 0 aliphatic carbocycles. The van der Waals surface area contributed by atoms with Crippen LogP contribution in [0, 0.1) is 13.8 Å². The fourth-order valence-electron chi connectivity index (χ4n) is 2.93. The molecule has 26 heavy (non-hydrogen) atoms. The molecule has 2 heterocycles. The number of carbonyl (C=O) groups is 3. The first-order chi connectivity index (χ1) is 12.4. The van der Waals surface area contributed by atoms with Crippen molar-refractivity contribution >= 4 is 24.0 Å². The van der Waals surface area contributed by atoms with Gasteiger partial charge in [0.25, 0.3) is 5.91 Å². The molecule has 7 heteroatoms. The maximum absolute atomic E-state index is 11.8. The van der Waals surface area contributed by atoms with Crippen molar-refractivity contribution in [3.05, 3.63) is 58.5 Å². The van der Waals surface area contributed by atoms with Crippen molar-refractivity contribution in [2.24, 2.45) is 0 Å². The lowest BCUT2D eigenvalue weighted by Gasteiger charge is -2.10. The predicted molar refractivity (Wildman–Crippen MR) is 95.9 cm³/mol. The van der Waals surface area contributed by atoms with Crippen LogP contribution in [-0.2, 0) is 9.53 Å². The first-order valence-corrected chi connectivity index (χ1v) is 8.21. The monoisotopic (exact) mass is 353 g/mol. The van der Waals surface area contributed by atoms with Crippen LogP contribution in [0.1, 0.15) is 34.2 Å². The van der Waals surface area contributed by atoms with Gasteiger partial charge in [-0.2, -0.15) is 0 Å². The number of carbonyl (C=O) groups excluding carboxylic acids is 3. The third-order valence-electron chi connectivity index (χ3n) is 4.13. The van der Waals surface area contributed by atoms with Crippen LogP contribution in [0.25, 0.3) is 11.8 Å².